The fraction of sp³-hybridized carbons (Fsp3) is 0. The summed E-state index contributed by atoms with van der Waals surface area (Å²) in [6.07, 6.45) is 0. The SMILES string of the molecule is c1ccc(-c2ccc(-c3ccccc3)c(N(c3ccccc3)c3c4ccccc4cc4c3c3cccc5c6c(N(c7ccccc7)c7cc(-c8ccccc8)ccc7-c7ccccc7)c7ccccc7cc6n4c35)c2)cc1. The minimum absolute atomic E-state index is 1.08. The summed E-state index contributed by atoms with van der Waals surface area (Å²) >= 11 is 0. The molecule has 0 saturated carbocycles. The van der Waals surface area contributed by atoms with E-state index in [-0.39, 0.29) is 0 Å². The van der Waals surface area contributed by atoms with Gasteiger partial charge in [0.05, 0.1) is 39.3 Å². The highest BCUT2D eigenvalue weighted by molar-refractivity contribution is 6.33. The monoisotopic (exact) mass is 979 g/mol. The van der Waals surface area contributed by atoms with Crippen LogP contribution in [0.5, 0.6) is 0 Å². The van der Waals surface area contributed by atoms with Crippen molar-refractivity contribution in [1.29, 1.82) is 0 Å². The average Bonchev–Trinajstić information content (AvgIpc) is 4.25. The zero-order valence-electron chi connectivity index (χ0n) is 42.1. The highest BCUT2D eigenvalue weighted by Crippen LogP contribution is 2.55. The molecule has 360 valence electrons. The predicted octanol–water partition coefficient (Wildman–Crippen LogP) is 20.8. The molecule has 0 aliphatic carbocycles. The topological polar surface area (TPSA) is 10.9 Å². The van der Waals surface area contributed by atoms with Crippen LogP contribution in [-0.4, -0.2) is 4.40 Å². The van der Waals surface area contributed by atoms with Gasteiger partial charge in [0.2, 0.25) is 0 Å². The van der Waals surface area contributed by atoms with Crippen LogP contribution in [0.3, 0.4) is 0 Å². The molecule has 0 atom stereocenters. The van der Waals surface area contributed by atoms with Gasteiger partial charge in [-0.05, 0) is 92.7 Å². The summed E-state index contributed by atoms with van der Waals surface area (Å²) < 4.78 is 2.59. The van der Waals surface area contributed by atoms with E-state index in [4.69, 9.17) is 0 Å². The van der Waals surface area contributed by atoms with Crippen LogP contribution in [0, 0.1) is 0 Å². The van der Waals surface area contributed by atoms with Crippen LogP contribution in [0.25, 0.3) is 104 Å². The quantitative estimate of drug-likeness (QED) is 0.135. The van der Waals surface area contributed by atoms with Crippen LogP contribution in [-0.2, 0) is 0 Å². The van der Waals surface area contributed by atoms with Crippen molar-refractivity contribution in [3.05, 3.63) is 297 Å². The Balaban J connectivity index is 1.09. The van der Waals surface area contributed by atoms with Gasteiger partial charge in [0, 0.05) is 54.8 Å². The van der Waals surface area contributed by atoms with Gasteiger partial charge in [-0.2, -0.15) is 0 Å². The van der Waals surface area contributed by atoms with Crippen LogP contribution in [0.15, 0.2) is 297 Å². The Kier molecular flexibility index (Phi) is 10.5. The van der Waals surface area contributed by atoms with Gasteiger partial charge >= 0.3 is 0 Å². The molecule has 13 aromatic carbocycles. The third-order valence-electron chi connectivity index (χ3n) is 15.6. The maximum atomic E-state index is 2.59. The fourth-order valence-electron chi connectivity index (χ4n) is 12.2. The Morgan fingerprint density at radius 1 is 0.247 bits per heavy atom. The molecular weight excluding hydrogens is 931 g/mol. The first-order chi connectivity index (χ1) is 38.2. The van der Waals surface area contributed by atoms with Crippen LogP contribution in [0.2, 0.25) is 0 Å². The Hall–Kier alpha value is -10.2. The van der Waals surface area contributed by atoms with E-state index in [9.17, 15) is 0 Å². The van der Waals surface area contributed by atoms with Gasteiger partial charge in [0.25, 0.3) is 0 Å². The maximum Gasteiger partial charge on any atom is 0.0640 e. The Labute approximate surface area is 447 Å². The molecule has 3 heteroatoms. The molecule has 0 aliphatic heterocycles. The highest BCUT2D eigenvalue weighted by Gasteiger charge is 2.30. The second kappa shape index (κ2) is 18.3. The normalized spacial score (nSPS) is 11.6. The molecule has 2 heterocycles. The number of fused-ring (bicyclic) bond motifs is 8. The van der Waals surface area contributed by atoms with Gasteiger partial charge in [-0.3, -0.25) is 0 Å². The van der Waals surface area contributed by atoms with Crippen LogP contribution in [0.4, 0.5) is 34.1 Å². The summed E-state index contributed by atoms with van der Waals surface area (Å²) in [6.45, 7) is 0. The summed E-state index contributed by atoms with van der Waals surface area (Å²) in [4.78, 5) is 5.10. The van der Waals surface area contributed by atoms with Crippen molar-refractivity contribution in [3.8, 4) is 44.5 Å². The maximum absolute atomic E-state index is 2.59. The van der Waals surface area contributed by atoms with Crippen molar-refractivity contribution in [2.24, 2.45) is 0 Å². The lowest BCUT2D eigenvalue weighted by molar-refractivity contribution is 1.30. The first-order valence-corrected chi connectivity index (χ1v) is 26.5. The second-order valence-electron chi connectivity index (χ2n) is 20.0. The molecule has 0 unspecified atom stereocenters. The summed E-state index contributed by atoms with van der Waals surface area (Å²) in [7, 11) is 0. The van der Waals surface area contributed by atoms with Gasteiger partial charge in [-0.25, -0.2) is 0 Å². The number of para-hydroxylation sites is 3. The summed E-state index contributed by atoms with van der Waals surface area (Å²) in [5.74, 6) is 0. The van der Waals surface area contributed by atoms with E-state index in [1.807, 2.05) is 0 Å². The van der Waals surface area contributed by atoms with Crippen molar-refractivity contribution in [2.75, 3.05) is 9.80 Å². The van der Waals surface area contributed by atoms with Gasteiger partial charge in [-0.1, -0.05) is 249 Å². The summed E-state index contributed by atoms with van der Waals surface area (Å²) in [5.41, 5.74) is 19.5. The lowest BCUT2D eigenvalue weighted by Gasteiger charge is -2.31. The van der Waals surface area contributed by atoms with Crippen molar-refractivity contribution < 1.29 is 0 Å². The molecule has 0 N–H and O–H groups in total. The summed E-state index contributed by atoms with van der Waals surface area (Å²) in [5, 5.41) is 9.51. The number of nitrogens with zero attached hydrogens (tertiary/aromatic N) is 3. The Morgan fingerprint density at radius 2 is 0.584 bits per heavy atom. The molecule has 0 aliphatic rings. The van der Waals surface area contributed by atoms with Crippen LogP contribution >= 0.6 is 0 Å². The second-order valence-corrected chi connectivity index (χ2v) is 20.0. The zero-order valence-corrected chi connectivity index (χ0v) is 42.1. The van der Waals surface area contributed by atoms with E-state index < -0.39 is 0 Å². The minimum Gasteiger partial charge on any atom is -0.309 e. The fourth-order valence-corrected chi connectivity index (χ4v) is 12.2. The minimum atomic E-state index is 1.08. The average molecular weight is 980 g/mol. The molecular formula is C74H49N3. The van der Waals surface area contributed by atoms with E-state index in [1.165, 1.54) is 59.7 Å². The molecule has 15 aromatic rings. The van der Waals surface area contributed by atoms with Crippen LogP contribution in [0.1, 0.15) is 0 Å². The Morgan fingerprint density at radius 3 is 0.987 bits per heavy atom. The molecule has 0 spiro atoms. The molecule has 0 radical (unpaired) electrons. The predicted molar refractivity (Wildman–Crippen MR) is 327 cm³/mol. The molecule has 0 bridgehead atoms. The molecule has 0 fully saturated rings. The van der Waals surface area contributed by atoms with Gasteiger partial charge in [0.1, 0.15) is 0 Å². The molecule has 0 saturated heterocycles. The van der Waals surface area contributed by atoms with Gasteiger partial charge in [0.15, 0.2) is 0 Å². The third kappa shape index (κ3) is 7.28. The molecule has 2 aromatic heterocycles. The standard InChI is InChI=1S/C74H49N3/c1-7-24-50(25-8-1)54-42-44-60(52-28-11-3-12-29-52)66(46-54)75(58-34-15-5-16-35-58)73-62-38-21-19-32-56(62)48-68-70(73)64-40-23-41-65-71-69(77(68)72(64)65)49-57-33-20-22-39-63(57)74(71)76(59-36-17-6-18-37-59)67-47-55(51-26-9-2-10-27-51)43-45-61(67)53-30-13-4-14-31-53/h1-49H. The lowest BCUT2D eigenvalue weighted by Crippen LogP contribution is -2.13. The smallest absolute Gasteiger partial charge is 0.0640 e. The van der Waals surface area contributed by atoms with Crippen molar-refractivity contribution in [3.63, 3.8) is 0 Å². The summed E-state index contributed by atoms with van der Waals surface area (Å²) in [6, 6.07) is 109. The zero-order chi connectivity index (χ0) is 50.8. The molecule has 0 amide bonds. The number of aromatic nitrogens is 1. The Bertz CT molecular complexity index is 4360. The molecule has 3 nitrogen and oxygen atoms in total. The largest absolute Gasteiger partial charge is 0.309 e. The number of hydrogen-bond donors (Lipinski definition) is 0. The molecule has 77 heavy (non-hydrogen) atoms. The van der Waals surface area contributed by atoms with E-state index in [0.717, 1.165) is 78.5 Å². The van der Waals surface area contributed by atoms with Gasteiger partial charge in [-0.15, -0.1) is 0 Å². The van der Waals surface area contributed by atoms with Crippen LogP contribution < -0.4 is 9.80 Å². The van der Waals surface area contributed by atoms with Crippen molar-refractivity contribution in [1.82, 2.24) is 4.40 Å². The number of benzene rings is 13. The first kappa shape index (κ1) is 44.3. The van der Waals surface area contributed by atoms with E-state index in [2.05, 4.69) is 311 Å². The van der Waals surface area contributed by atoms with E-state index in [1.54, 1.807) is 0 Å². The van der Waals surface area contributed by atoms with Gasteiger partial charge < -0.3 is 14.2 Å². The lowest BCUT2D eigenvalue weighted by atomic mass is 9.94. The third-order valence-corrected chi connectivity index (χ3v) is 15.6. The van der Waals surface area contributed by atoms with Crippen molar-refractivity contribution in [2.45, 2.75) is 0 Å². The first-order valence-electron chi connectivity index (χ1n) is 26.5. The van der Waals surface area contributed by atoms with Crippen molar-refractivity contribution >= 4 is 93.8 Å². The highest BCUT2D eigenvalue weighted by atomic mass is 15.2. The number of anilines is 6. The number of hydrogen-bond acceptors (Lipinski definition) is 2. The van der Waals surface area contributed by atoms with E-state index in [0.29, 0.717) is 0 Å². The van der Waals surface area contributed by atoms with E-state index >= 15 is 0 Å². The molecule has 15 rings (SSSR count). The number of rotatable bonds is 10.